The van der Waals surface area contributed by atoms with Gasteiger partial charge in [-0.25, -0.2) is 0 Å². The first-order valence-electron chi connectivity index (χ1n) is 7.78. The van der Waals surface area contributed by atoms with E-state index in [0.717, 1.165) is 13.1 Å². The van der Waals surface area contributed by atoms with E-state index in [1.807, 2.05) is 0 Å². The average molecular weight is 274 g/mol. The first-order valence-corrected chi connectivity index (χ1v) is 7.78. The highest BCUT2D eigenvalue weighted by Gasteiger charge is 2.31. The summed E-state index contributed by atoms with van der Waals surface area (Å²) in [5, 5.41) is 3.65. The molecule has 2 nitrogen and oxygen atoms in total. The van der Waals surface area contributed by atoms with Crippen LogP contribution in [-0.4, -0.2) is 24.7 Å². The molecule has 0 radical (unpaired) electrons. The SMILES string of the molecule is CC1Cc2ccccc2N1CC(C)(C)CNC(C)(C)C. The van der Waals surface area contributed by atoms with Gasteiger partial charge in [0.05, 0.1) is 0 Å². The van der Waals surface area contributed by atoms with Crippen LogP contribution in [0.1, 0.15) is 47.1 Å². The van der Waals surface area contributed by atoms with Crippen LogP contribution in [-0.2, 0) is 6.42 Å². The number of para-hydroxylation sites is 1. The van der Waals surface area contributed by atoms with Crippen LogP contribution in [0, 0.1) is 5.41 Å². The Hall–Kier alpha value is -1.02. The number of hydrogen-bond donors (Lipinski definition) is 1. The Balaban J connectivity index is 2.05. The van der Waals surface area contributed by atoms with Gasteiger partial charge in [-0.15, -0.1) is 0 Å². The molecule has 1 aliphatic rings. The van der Waals surface area contributed by atoms with Gasteiger partial charge in [0.1, 0.15) is 0 Å². The minimum absolute atomic E-state index is 0.186. The summed E-state index contributed by atoms with van der Waals surface area (Å²) in [6.07, 6.45) is 1.18. The summed E-state index contributed by atoms with van der Waals surface area (Å²) in [5.74, 6) is 0. The summed E-state index contributed by atoms with van der Waals surface area (Å²) in [5.41, 5.74) is 3.38. The summed E-state index contributed by atoms with van der Waals surface area (Å²) in [7, 11) is 0. The number of fused-ring (bicyclic) bond motifs is 1. The molecule has 0 bridgehead atoms. The van der Waals surface area contributed by atoms with Crippen LogP contribution in [0.2, 0.25) is 0 Å². The van der Waals surface area contributed by atoms with Crippen molar-refractivity contribution in [3.63, 3.8) is 0 Å². The molecule has 1 atom stereocenters. The zero-order chi connectivity index (χ0) is 15.0. The van der Waals surface area contributed by atoms with E-state index in [9.17, 15) is 0 Å². The lowest BCUT2D eigenvalue weighted by atomic mass is 9.91. The van der Waals surface area contributed by atoms with Crippen molar-refractivity contribution in [3.8, 4) is 0 Å². The van der Waals surface area contributed by atoms with Gasteiger partial charge in [0.25, 0.3) is 0 Å². The Morgan fingerprint density at radius 2 is 1.80 bits per heavy atom. The van der Waals surface area contributed by atoms with E-state index in [1.165, 1.54) is 17.7 Å². The molecule has 0 aromatic heterocycles. The fourth-order valence-corrected chi connectivity index (χ4v) is 2.89. The molecule has 0 aliphatic carbocycles. The first kappa shape index (κ1) is 15.4. The number of hydrogen-bond acceptors (Lipinski definition) is 2. The molecule has 0 saturated heterocycles. The van der Waals surface area contributed by atoms with Gasteiger partial charge in [-0.05, 0) is 51.2 Å². The molecule has 1 unspecified atom stereocenters. The van der Waals surface area contributed by atoms with E-state index in [-0.39, 0.29) is 11.0 Å². The molecule has 0 saturated carbocycles. The summed E-state index contributed by atoms with van der Waals surface area (Å²) in [6.45, 7) is 15.9. The van der Waals surface area contributed by atoms with Crippen LogP contribution in [0.25, 0.3) is 0 Å². The second kappa shape index (κ2) is 5.40. The Morgan fingerprint density at radius 1 is 1.15 bits per heavy atom. The van der Waals surface area contributed by atoms with E-state index in [2.05, 4.69) is 76.0 Å². The molecule has 2 heteroatoms. The van der Waals surface area contributed by atoms with E-state index < -0.39 is 0 Å². The molecule has 1 aromatic carbocycles. The van der Waals surface area contributed by atoms with E-state index >= 15 is 0 Å². The van der Waals surface area contributed by atoms with Gasteiger partial charge < -0.3 is 10.2 Å². The summed E-state index contributed by atoms with van der Waals surface area (Å²) < 4.78 is 0. The summed E-state index contributed by atoms with van der Waals surface area (Å²) in [6, 6.07) is 9.46. The normalized spacial score (nSPS) is 19.3. The number of nitrogens with zero attached hydrogens (tertiary/aromatic N) is 1. The zero-order valence-electron chi connectivity index (χ0n) is 14.0. The maximum Gasteiger partial charge on any atom is 0.0402 e. The molecule has 2 rings (SSSR count). The van der Waals surface area contributed by atoms with E-state index in [0.29, 0.717) is 6.04 Å². The third-order valence-electron chi connectivity index (χ3n) is 4.04. The average Bonchev–Trinajstić information content (AvgIpc) is 2.63. The standard InChI is InChI=1S/C18H30N2/c1-14-11-15-9-7-8-10-16(15)20(14)13-18(5,6)12-19-17(2,3)4/h7-10,14,19H,11-13H2,1-6H3. The van der Waals surface area contributed by atoms with Crippen molar-refractivity contribution < 1.29 is 0 Å². The minimum Gasteiger partial charge on any atom is -0.368 e. The fraction of sp³-hybridized carbons (Fsp3) is 0.667. The maximum atomic E-state index is 3.65. The van der Waals surface area contributed by atoms with Gasteiger partial charge in [0.2, 0.25) is 0 Å². The van der Waals surface area contributed by atoms with Crippen LogP contribution in [0.4, 0.5) is 5.69 Å². The molecule has 0 fully saturated rings. The van der Waals surface area contributed by atoms with Gasteiger partial charge in [-0.1, -0.05) is 32.0 Å². The van der Waals surface area contributed by atoms with Crippen LogP contribution in [0.3, 0.4) is 0 Å². The van der Waals surface area contributed by atoms with Gasteiger partial charge in [0.15, 0.2) is 0 Å². The highest BCUT2D eigenvalue weighted by Crippen LogP contribution is 2.34. The second-order valence-electron chi connectivity index (χ2n) is 8.08. The molecule has 1 aliphatic heterocycles. The largest absolute Gasteiger partial charge is 0.368 e. The Kier molecular flexibility index (Phi) is 4.15. The molecule has 1 aromatic rings. The third-order valence-corrected chi connectivity index (χ3v) is 4.04. The number of anilines is 1. The van der Waals surface area contributed by atoms with Crippen LogP contribution in [0.15, 0.2) is 24.3 Å². The molecule has 1 N–H and O–H groups in total. The quantitative estimate of drug-likeness (QED) is 0.897. The Labute approximate surface area is 124 Å². The predicted molar refractivity (Wildman–Crippen MR) is 88.5 cm³/mol. The highest BCUT2D eigenvalue weighted by molar-refractivity contribution is 5.59. The van der Waals surface area contributed by atoms with Crippen molar-refractivity contribution in [2.75, 3.05) is 18.0 Å². The van der Waals surface area contributed by atoms with Gasteiger partial charge in [-0.2, -0.15) is 0 Å². The first-order chi connectivity index (χ1) is 9.18. The number of nitrogens with one attached hydrogen (secondary N) is 1. The van der Waals surface area contributed by atoms with Crippen molar-refractivity contribution >= 4 is 5.69 Å². The Morgan fingerprint density at radius 3 is 2.45 bits per heavy atom. The summed E-state index contributed by atoms with van der Waals surface area (Å²) >= 11 is 0. The lowest BCUT2D eigenvalue weighted by Crippen LogP contribution is -2.47. The maximum absolute atomic E-state index is 3.65. The zero-order valence-corrected chi connectivity index (χ0v) is 14.0. The molecule has 1 heterocycles. The smallest absolute Gasteiger partial charge is 0.0402 e. The molecule has 0 spiro atoms. The van der Waals surface area contributed by atoms with E-state index in [4.69, 9.17) is 0 Å². The fourth-order valence-electron chi connectivity index (χ4n) is 2.89. The van der Waals surface area contributed by atoms with Crippen LogP contribution < -0.4 is 10.2 Å². The van der Waals surface area contributed by atoms with Crippen LogP contribution in [0.5, 0.6) is 0 Å². The third kappa shape index (κ3) is 3.76. The molecular weight excluding hydrogens is 244 g/mol. The van der Waals surface area contributed by atoms with Gasteiger partial charge in [0, 0.05) is 30.4 Å². The highest BCUT2D eigenvalue weighted by atomic mass is 15.2. The topological polar surface area (TPSA) is 15.3 Å². The minimum atomic E-state index is 0.186. The number of rotatable bonds is 4. The van der Waals surface area contributed by atoms with E-state index in [1.54, 1.807) is 0 Å². The van der Waals surface area contributed by atoms with Crippen LogP contribution >= 0.6 is 0 Å². The van der Waals surface area contributed by atoms with Crippen molar-refractivity contribution in [2.45, 2.75) is 59.5 Å². The van der Waals surface area contributed by atoms with Crippen molar-refractivity contribution in [3.05, 3.63) is 29.8 Å². The molecule has 20 heavy (non-hydrogen) atoms. The van der Waals surface area contributed by atoms with Gasteiger partial charge in [-0.3, -0.25) is 0 Å². The van der Waals surface area contributed by atoms with Crippen molar-refractivity contribution in [2.24, 2.45) is 5.41 Å². The molecular formula is C18H30N2. The monoisotopic (exact) mass is 274 g/mol. The molecule has 0 amide bonds. The van der Waals surface area contributed by atoms with Crippen molar-refractivity contribution in [1.82, 2.24) is 5.32 Å². The predicted octanol–water partition coefficient (Wildman–Crippen LogP) is 3.85. The van der Waals surface area contributed by atoms with Crippen molar-refractivity contribution in [1.29, 1.82) is 0 Å². The lowest BCUT2D eigenvalue weighted by Gasteiger charge is -2.36. The number of benzene rings is 1. The second-order valence-corrected chi connectivity index (χ2v) is 8.08. The molecule has 112 valence electrons. The van der Waals surface area contributed by atoms with Gasteiger partial charge >= 0.3 is 0 Å². The lowest BCUT2D eigenvalue weighted by molar-refractivity contribution is 0.289. The summed E-state index contributed by atoms with van der Waals surface area (Å²) in [4.78, 5) is 2.58. The Bertz CT molecular complexity index is 457.